The van der Waals surface area contributed by atoms with Crippen molar-refractivity contribution in [2.45, 2.75) is 6.42 Å². The first-order valence-electron chi connectivity index (χ1n) is 9.66. The molecule has 156 valence electrons. The van der Waals surface area contributed by atoms with E-state index in [1.54, 1.807) is 24.3 Å². The number of anilines is 3. The summed E-state index contributed by atoms with van der Waals surface area (Å²) in [5.41, 5.74) is 0.689. The predicted octanol–water partition coefficient (Wildman–Crippen LogP) is 2.81. The lowest BCUT2D eigenvalue weighted by molar-refractivity contribution is 0.283. The van der Waals surface area contributed by atoms with Crippen molar-refractivity contribution in [3.63, 3.8) is 0 Å². The second-order valence-corrected chi connectivity index (χ2v) is 9.13. The first-order chi connectivity index (χ1) is 13.9. The van der Waals surface area contributed by atoms with Gasteiger partial charge in [-0.25, -0.2) is 17.4 Å². The molecule has 0 atom stereocenters. The van der Waals surface area contributed by atoms with Gasteiger partial charge in [0.1, 0.15) is 5.82 Å². The molecule has 0 saturated carbocycles. The molecule has 0 unspecified atom stereocenters. The van der Waals surface area contributed by atoms with E-state index in [0.29, 0.717) is 24.0 Å². The lowest BCUT2D eigenvalue weighted by Crippen LogP contribution is -2.41. The number of hydrogen-bond donors (Lipinski definition) is 0. The molecule has 2 aromatic rings. The van der Waals surface area contributed by atoms with Crippen LogP contribution in [-0.4, -0.2) is 64.5 Å². The van der Waals surface area contributed by atoms with Crippen LogP contribution in [0.25, 0.3) is 0 Å². The van der Waals surface area contributed by atoms with Crippen molar-refractivity contribution in [2.75, 3.05) is 54.9 Å². The van der Waals surface area contributed by atoms with E-state index >= 15 is 0 Å². The minimum absolute atomic E-state index is 0.183. The van der Waals surface area contributed by atoms with Crippen LogP contribution >= 0.6 is 0 Å². The lowest BCUT2D eigenvalue weighted by Gasteiger charge is -2.25. The molecular formula is C20H24F2N4O2S. The fourth-order valence-electron chi connectivity index (χ4n) is 3.89. The van der Waals surface area contributed by atoms with E-state index in [4.69, 9.17) is 0 Å². The molecular weight excluding hydrogens is 398 g/mol. The van der Waals surface area contributed by atoms with Gasteiger partial charge in [-0.2, -0.15) is 8.42 Å². The minimum Gasteiger partial charge on any atom is -0.305 e. The van der Waals surface area contributed by atoms with Crippen LogP contribution in [0.2, 0.25) is 0 Å². The Kier molecular flexibility index (Phi) is 5.46. The highest BCUT2D eigenvalue weighted by Gasteiger charge is 2.42. The zero-order chi connectivity index (χ0) is 20.6. The van der Waals surface area contributed by atoms with Gasteiger partial charge >= 0.3 is 10.2 Å². The van der Waals surface area contributed by atoms with Gasteiger partial charge in [-0.05, 0) is 50.8 Å². The Morgan fingerprint density at radius 3 is 2.41 bits per heavy atom. The Balaban J connectivity index is 1.63. The molecule has 0 aromatic heterocycles. The molecule has 9 heteroatoms. The minimum atomic E-state index is -4.03. The summed E-state index contributed by atoms with van der Waals surface area (Å²) in [6.07, 6.45) is 1.03. The van der Waals surface area contributed by atoms with Crippen molar-refractivity contribution in [3.8, 4) is 0 Å². The summed E-state index contributed by atoms with van der Waals surface area (Å²) >= 11 is 0. The number of rotatable bonds is 4. The molecule has 6 nitrogen and oxygen atoms in total. The van der Waals surface area contributed by atoms with Crippen LogP contribution in [0.4, 0.5) is 25.8 Å². The highest BCUT2D eigenvalue weighted by Crippen LogP contribution is 2.45. The van der Waals surface area contributed by atoms with Crippen molar-refractivity contribution in [3.05, 3.63) is 54.1 Å². The van der Waals surface area contributed by atoms with Crippen LogP contribution in [0, 0.1) is 11.6 Å². The number of fused-ring (bicyclic) bond motifs is 1. The first kappa shape index (κ1) is 20.1. The smallest absolute Gasteiger partial charge is 0.305 e. The third-order valence-corrected chi connectivity index (χ3v) is 7.23. The Labute approximate surface area is 170 Å². The number of halogens is 2. The molecule has 0 N–H and O–H groups in total. The quantitative estimate of drug-likeness (QED) is 0.760. The lowest BCUT2D eigenvalue weighted by atomic mass is 10.2. The average molecular weight is 423 g/mol. The summed E-state index contributed by atoms with van der Waals surface area (Å²) in [6.45, 7) is 4.61. The molecule has 2 aromatic carbocycles. The van der Waals surface area contributed by atoms with Crippen LogP contribution in [0.3, 0.4) is 0 Å². The zero-order valence-electron chi connectivity index (χ0n) is 16.3. The molecule has 0 radical (unpaired) electrons. The topological polar surface area (TPSA) is 47.1 Å². The number of likely N-dealkylation sites (N-methyl/N-ethyl adjacent to an activating group) is 1. The van der Waals surface area contributed by atoms with Gasteiger partial charge in [0.2, 0.25) is 0 Å². The van der Waals surface area contributed by atoms with E-state index in [1.807, 2.05) is 0 Å². The Bertz CT molecular complexity index is 1000. The number of benzene rings is 2. The van der Waals surface area contributed by atoms with Gasteiger partial charge in [0.15, 0.2) is 5.82 Å². The molecule has 0 aliphatic carbocycles. The van der Waals surface area contributed by atoms with Gasteiger partial charge in [-0.15, -0.1) is 0 Å². The van der Waals surface area contributed by atoms with Crippen molar-refractivity contribution in [1.82, 2.24) is 9.80 Å². The highest BCUT2D eigenvalue weighted by atomic mass is 32.2. The predicted molar refractivity (Wildman–Crippen MR) is 110 cm³/mol. The van der Waals surface area contributed by atoms with Crippen LogP contribution in [0.15, 0.2) is 42.5 Å². The molecule has 2 aliphatic rings. The fourth-order valence-corrected chi connectivity index (χ4v) is 5.60. The zero-order valence-corrected chi connectivity index (χ0v) is 17.1. The van der Waals surface area contributed by atoms with Gasteiger partial charge in [0.05, 0.1) is 17.1 Å². The van der Waals surface area contributed by atoms with Crippen LogP contribution < -0.4 is 8.61 Å². The maximum atomic E-state index is 14.4. The van der Waals surface area contributed by atoms with Gasteiger partial charge in [-0.3, -0.25) is 0 Å². The van der Waals surface area contributed by atoms with E-state index in [9.17, 15) is 17.2 Å². The molecule has 0 spiro atoms. The van der Waals surface area contributed by atoms with Crippen LogP contribution in [0.5, 0.6) is 0 Å². The third kappa shape index (κ3) is 3.82. The summed E-state index contributed by atoms with van der Waals surface area (Å²) in [5.74, 6) is -1.67. The molecule has 0 amide bonds. The largest absolute Gasteiger partial charge is 0.331 e. The second kappa shape index (κ2) is 7.89. The molecule has 1 saturated heterocycles. The summed E-state index contributed by atoms with van der Waals surface area (Å²) in [5, 5.41) is 0. The Morgan fingerprint density at radius 1 is 0.897 bits per heavy atom. The Hall–Kier alpha value is -2.23. The standard InChI is InChI=1S/C20H24F2N4O2S/c1-23-9-4-10-24(12-11-23)13-14-25-19-5-2-3-6-20(19)26(29(25,27)28)18-8-7-16(21)15-17(18)22/h2-3,5-8,15H,4,9-14H2,1H3. The molecule has 1 fully saturated rings. The highest BCUT2D eigenvalue weighted by molar-refractivity contribution is 7.95. The van der Waals surface area contributed by atoms with Gasteiger partial charge in [-0.1, -0.05) is 12.1 Å². The molecule has 2 aliphatic heterocycles. The maximum absolute atomic E-state index is 14.4. The molecule has 0 bridgehead atoms. The SMILES string of the molecule is CN1CCCN(CCN2c3ccccc3N(c3ccc(F)cc3F)S2(=O)=O)CC1. The van der Waals surface area contributed by atoms with E-state index in [2.05, 4.69) is 16.8 Å². The summed E-state index contributed by atoms with van der Waals surface area (Å²) < 4.78 is 56.8. The number of hydrogen-bond acceptors (Lipinski definition) is 4. The van der Waals surface area contributed by atoms with Crippen LogP contribution in [-0.2, 0) is 10.2 Å². The first-order valence-corrected chi connectivity index (χ1v) is 11.1. The van der Waals surface area contributed by atoms with Crippen LogP contribution in [0.1, 0.15) is 6.42 Å². The average Bonchev–Trinajstić information content (AvgIpc) is 2.78. The van der Waals surface area contributed by atoms with Gasteiger partial charge < -0.3 is 9.80 Å². The molecule has 2 heterocycles. The van der Waals surface area contributed by atoms with E-state index in [-0.39, 0.29) is 12.2 Å². The van der Waals surface area contributed by atoms with E-state index in [0.717, 1.165) is 49.0 Å². The summed E-state index contributed by atoms with van der Waals surface area (Å²) in [4.78, 5) is 4.52. The van der Waals surface area contributed by atoms with Gasteiger partial charge in [0, 0.05) is 32.2 Å². The monoisotopic (exact) mass is 422 g/mol. The van der Waals surface area contributed by atoms with Gasteiger partial charge in [0.25, 0.3) is 0 Å². The fraction of sp³-hybridized carbons (Fsp3) is 0.400. The van der Waals surface area contributed by atoms with Crippen molar-refractivity contribution in [1.29, 1.82) is 0 Å². The molecule has 4 rings (SSSR count). The molecule has 29 heavy (non-hydrogen) atoms. The maximum Gasteiger partial charge on any atom is 0.331 e. The summed E-state index contributed by atoms with van der Waals surface area (Å²) in [6, 6.07) is 9.73. The number of nitrogens with zero attached hydrogens (tertiary/aromatic N) is 4. The second-order valence-electron chi connectivity index (χ2n) is 7.43. The van der Waals surface area contributed by atoms with E-state index < -0.39 is 21.8 Å². The number of para-hydroxylation sites is 2. The summed E-state index contributed by atoms with van der Waals surface area (Å²) in [7, 11) is -1.95. The van der Waals surface area contributed by atoms with Crippen molar-refractivity contribution >= 4 is 27.3 Å². The van der Waals surface area contributed by atoms with Crippen molar-refractivity contribution in [2.24, 2.45) is 0 Å². The third-order valence-electron chi connectivity index (χ3n) is 5.44. The Morgan fingerprint density at radius 2 is 1.66 bits per heavy atom. The van der Waals surface area contributed by atoms with Crippen molar-refractivity contribution < 1.29 is 17.2 Å². The van der Waals surface area contributed by atoms with E-state index in [1.165, 1.54) is 4.31 Å². The normalized spacial score (nSPS) is 20.0.